The number of halogens is 3. The predicted octanol–water partition coefficient (Wildman–Crippen LogP) is 4.37. The second-order valence-corrected chi connectivity index (χ2v) is 7.28. The fourth-order valence-electron chi connectivity index (χ4n) is 4.51. The number of aliphatic carboxylic acids is 1. The lowest BCUT2D eigenvalue weighted by molar-refractivity contribution is -0.145. The van der Waals surface area contributed by atoms with Gasteiger partial charge in [-0.2, -0.15) is 13.2 Å². The van der Waals surface area contributed by atoms with Gasteiger partial charge >= 0.3 is 12.1 Å². The topological polar surface area (TPSA) is 69.9 Å². The number of fused-ring (bicyclic) bond motifs is 3. The van der Waals surface area contributed by atoms with Gasteiger partial charge in [-0.3, -0.25) is 9.79 Å². The molecular formula is C20H18F3NO3. The average Bonchev–Trinajstić information content (AvgIpc) is 3.00. The fourth-order valence-corrected chi connectivity index (χ4v) is 4.51. The second-order valence-electron chi connectivity index (χ2n) is 7.28. The minimum Gasteiger partial charge on any atom is -0.480 e. The van der Waals surface area contributed by atoms with Gasteiger partial charge in [-0.15, -0.1) is 0 Å². The number of hydrogen-bond donors (Lipinski definition) is 2. The molecule has 1 atom stereocenters. The highest BCUT2D eigenvalue weighted by Gasteiger charge is 2.53. The smallest absolute Gasteiger partial charge is 0.417 e. The molecule has 0 bridgehead atoms. The number of carboxylic acids is 1. The number of allylic oxidation sites excluding steroid dienone is 3. The molecule has 3 aliphatic rings. The van der Waals surface area contributed by atoms with Crippen LogP contribution in [0, 0.1) is 11.3 Å². The SMILES string of the molecule is O=C(O)C1(C2CCC(O)CC2)C=CC=C2C1=Nc1cccc(C(F)(F)F)c12. The van der Waals surface area contributed by atoms with Crippen LogP contribution in [0.3, 0.4) is 0 Å². The Kier molecular flexibility index (Phi) is 4.03. The number of nitrogens with zero attached hydrogens (tertiary/aromatic N) is 1. The molecule has 2 aliphatic carbocycles. The van der Waals surface area contributed by atoms with Crippen LogP contribution in [0.5, 0.6) is 0 Å². The third kappa shape index (κ3) is 2.64. The molecule has 1 heterocycles. The van der Waals surface area contributed by atoms with Gasteiger partial charge in [-0.1, -0.05) is 24.3 Å². The number of carboxylic acid groups (broad SMARTS) is 1. The first kappa shape index (κ1) is 18.0. The summed E-state index contributed by atoms with van der Waals surface area (Å²) in [5.41, 5.74) is -1.79. The molecule has 0 aromatic heterocycles. The highest BCUT2D eigenvalue weighted by molar-refractivity contribution is 6.37. The van der Waals surface area contributed by atoms with Crippen LogP contribution >= 0.6 is 0 Å². The number of carbonyl (C=O) groups is 1. The standard InChI is InChI=1S/C20H18F3NO3/c21-20(22,23)14-4-1-5-15-16(14)13-3-2-10-19(18(26)27,17(13)24-15)11-6-8-12(25)9-7-11/h1-5,10-12,25H,6-9H2,(H,26,27). The van der Waals surface area contributed by atoms with Crippen molar-refractivity contribution in [3.63, 3.8) is 0 Å². The van der Waals surface area contributed by atoms with Crippen LogP contribution in [0.1, 0.15) is 36.8 Å². The number of aliphatic hydroxyl groups is 1. The third-order valence-electron chi connectivity index (χ3n) is 5.81. The maximum atomic E-state index is 13.5. The molecule has 0 saturated heterocycles. The van der Waals surface area contributed by atoms with Crippen molar-refractivity contribution in [2.45, 2.75) is 38.0 Å². The molecule has 0 radical (unpaired) electrons. The van der Waals surface area contributed by atoms with Crippen molar-refractivity contribution in [1.82, 2.24) is 0 Å². The van der Waals surface area contributed by atoms with Gasteiger partial charge in [0, 0.05) is 11.1 Å². The molecule has 1 aliphatic heterocycles. The van der Waals surface area contributed by atoms with Crippen molar-refractivity contribution in [2.24, 2.45) is 16.3 Å². The fraction of sp³-hybridized carbons (Fsp3) is 0.400. The lowest BCUT2D eigenvalue weighted by Gasteiger charge is -2.40. The van der Waals surface area contributed by atoms with E-state index in [4.69, 9.17) is 0 Å². The Morgan fingerprint density at radius 2 is 1.89 bits per heavy atom. The highest BCUT2D eigenvalue weighted by Crippen LogP contribution is 2.53. The Bertz CT molecular complexity index is 892. The van der Waals surface area contributed by atoms with E-state index < -0.39 is 29.2 Å². The maximum Gasteiger partial charge on any atom is 0.417 e. The predicted molar refractivity (Wildman–Crippen MR) is 93.7 cm³/mol. The van der Waals surface area contributed by atoms with E-state index in [9.17, 15) is 28.2 Å². The van der Waals surface area contributed by atoms with Gasteiger partial charge in [0.2, 0.25) is 0 Å². The lowest BCUT2D eigenvalue weighted by Crippen LogP contribution is -2.46. The van der Waals surface area contributed by atoms with Crippen molar-refractivity contribution < 1.29 is 28.2 Å². The first-order valence-corrected chi connectivity index (χ1v) is 8.86. The summed E-state index contributed by atoms with van der Waals surface area (Å²) in [7, 11) is 0. The number of aliphatic imine (C=N–C) groups is 1. The summed E-state index contributed by atoms with van der Waals surface area (Å²) < 4.78 is 40.5. The zero-order valence-electron chi connectivity index (χ0n) is 14.3. The summed E-state index contributed by atoms with van der Waals surface area (Å²) in [6, 6.07) is 3.76. The summed E-state index contributed by atoms with van der Waals surface area (Å²) >= 11 is 0. The normalized spacial score (nSPS) is 29.6. The molecule has 1 unspecified atom stereocenters. The van der Waals surface area contributed by atoms with Gasteiger partial charge < -0.3 is 10.2 Å². The van der Waals surface area contributed by atoms with Crippen molar-refractivity contribution in [1.29, 1.82) is 0 Å². The molecule has 0 amide bonds. The number of aliphatic hydroxyl groups excluding tert-OH is 1. The van der Waals surface area contributed by atoms with Crippen molar-refractivity contribution in [3.05, 3.63) is 47.6 Å². The molecule has 2 N–H and O–H groups in total. The molecule has 142 valence electrons. The van der Waals surface area contributed by atoms with Gasteiger partial charge in [-0.25, -0.2) is 0 Å². The van der Waals surface area contributed by atoms with Gasteiger partial charge in [0.25, 0.3) is 0 Å². The lowest BCUT2D eigenvalue weighted by atomic mass is 9.62. The van der Waals surface area contributed by atoms with E-state index >= 15 is 0 Å². The zero-order chi connectivity index (χ0) is 19.4. The maximum absolute atomic E-state index is 13.5. The van der Waals surface area contributed by atoms with Crippen LogP contribution in [0.4, 0.5) is 18.9 Å². The van der Waals surface area contributed by atoms with Gasteiger partial charge in [0.1, 0.15) is 5.41 Å². The van der Waals surface area contributed by atoms with Crippen molar-refractivity contribution in [3.8, 4) is 0 Å². The van der Waals surface area contributed by atoms with E-state index in [0.29, 0.717) is 25.7 Å². The van der Waals surface area contributed by atoms with Gasteiger partial charge in [-0.05, 0) is 43.7 Å². The summed E-state index contributed by atoms with van der Waals surface area (Å²) in [6.45, 7) is 0. The Balaban J connectivity index is 1.85. The molecule has 1 aromatic carbocycles. The minimum atomic E-state index is -4.56. The molecule has 0 spiro atoms. The molecule has 1 fully saturated rings. The molecule has 7 heteroatoms. The number of alkyl halides is 3. The summed E-state index contributed by atoms with van der Waals surface area (Å²) in [5, 5.41) is 19.9. The van der Waals surface area contributed by atoms with E-state index in [1.165, 1.54) is 24.3 Å². The Morgan fingerprint density at radius 1 is 1.19 bits per heavy atom. The van der Waals surface area contributed by atoms with E-state index in [0.717, 1.165) is 6.07 Å². The molecule has 1 saturated carbocycles. The number of rotatable bonds is 2. The van der Waals surface area contributed by atoms with Crippen LogP contribution in [0.15, 0.2) is 41.4 Å². The summed E-state index contributed by atoms with van der Waals surface area (Å²) in [5.74, 6) is -1.45. The third-order valence-corrected chi connectivity index (χ3v) is 5.81. The quantitative estimate of drug-likeness (QED) is 0.804. The van der Waals surface area contributed by atoms with Gasteiger partial charge in [0.05, 0.1) is 23.1 Å². The largest absolute Gasteiger partial charge is 0.480 e. The van der Waals surface area contributed by atoms with E-state index in [-0.39, 0.29) is 28.5 Å². The molecular weight excluding hydrogens is 359 g/mol. The van der Waals surface area contributed by atoms with Crippen LogP contribution in [0.25, 0.3) is 5.57 Å². The van der Waals surface area contributed by atoms with E-state index in [1.807, 2.05) is 0 Å². The molecule has 4 nitrogen and oxygen atoms in total. The first-order chi connectivity index (χ1) is 12.7. The minimum absolute atomic E-state index is 0.0502. The van der Waals surface area contributed by atoms with Crippen LogP contribution in [-0.4, -0.2) is 28.0 Å². The second kappa shape index (κ2) is 6.05. The van der Waals surface area contributed by atoms with Crippen LogP contribution < -0.4 is 0 Å². The molecule has 4 rings (SSSR count). The average molecular weight is 377 g/mol. The summed E-state index contributed by atoms with van der Waals surface area (Å²) in [6.07, 6.45) is 1.46. The number of hydrogen-bond acceptors (Lipinski definition) is 3. The van der Waals surface area contributed by atoms with E-state index in [2.05, 4.69) is 4.99 Å². The Labute approximate surface area is 153 Å². The van der Waals surface area contributed by atoms with Crippen LogP contribution in [0.2, 0.25) is 0 Å². The van der Waals surface area contributed by atoms with Crippen molar-refractivity contribution >= 4 is 22.9 Å². The Morgan fingerprint density at radius 3 is 2.52 bits per heavy atom. The first-order valence-electron chi connectivity index (χ1n) is 8.86. The Hall–Kier alpha value is -2.41. The van der Waals surface area contributed by atoms with Gasteiger partial charge in [0.15, 0.2) is 0 Å². The van der Waals surface area contributed by atoms with E-state index in [1.54, 1.807) is 6.08 Å². The highest BCUT2D eigenvalue weighted by atomic mass is 19.4. The zero-order valence-corrected chi connectivity index (χ0v) is 14.3. The molecule has 1 aromatic rings. The van der Waals surface area contributed by atoms with Crippen LogP contribution in [-0.2, 0) is 11.0 Å². The monoisotopic (exact) mass is 377 g/mol. The summed E-state index contributed by atoms with van der Waals surface area (Å²) in [4.78, 5) is 16.8. The number of benzene rings is 1. The molecule has 27 heavy (non-hydrogen) atoms. The van der Waals surface area contributed by atoms with Crippen molar-refractivity contribution in [2.75, 3.05) is 0 Å².